The summed E-state index contributed by atoms with van der Waals surface area (Å²) in [6.07, 6.45) is 3.32. The maximum absolute atomic E-state index is 10.3. The van der Waals surface area contributed by atoms with E-state index in [1.165, 1.54) is 0 Å². The Morgan fingerprint density at radius 1 is 1.26 bits per heavy atom. The summed E-state index contributed by atoms with van der Waals surface area (Å²) in [5.41, 5.74) is 0.855. The van der Waals surface area contributed by atoms with Crippen molar-refractivity contribution < 1.29 is 19.3 Å². The fraction of sp³-hybridized carbons (Fsp3) is 0.667. The van der Waals surface area contributed by atoms with Crippen molar-refractivity contribution in [3.8, 4) is 11.5 Å². The Morgan fingerprint density at radius 3 is 2.70 bits per heavy atom. The fourth-order valence-corrected chi connectivity index (χ4v) is 3.70. The van der Waals surface area contributed by atoms with Crippen LogP contribution in [0.25, 0.3) is 0 Å². The summed E-state index contributed by atoms with van der Waals surface area (Å²) in [6, 6.07) is 5.96. The third-order valence-electron chi connectivity index (χ3n) is 5.21. The van der Waals surface area contributed by atoms with Crippen molar-refractivity contribution in [2.45, 2.75) is 43.9 Å². The average molecular weight is 321 g/mol. The molecule has 23 heavy (non-hydrogen) atoms. The van der Waals surface area contributed by atoms with Gasteiger partial charge < -0.3 is 19.3 Å². The molecule has 2 heterocycles. The van der Waals surface area contributed by atoms with Crippen molar-refractivity contribution in [2.24, 2.45) is 0 Å². The number of hydrogen-bond acceptors (Lipinski definition) is 5. The largest absolute Gasteiger partial charge is 0.497 e. The van der Waals surface area contributed by atoms with Gasteiger partial charge in [-0.2, -0.15) is 0 Å². The Morgan fingerprint density at radius 2 is 2.04 bits per heavy atom. The van der Waals surface area contributed by atoms with Crippen LogP contribution >= 0.6 is 0 Å². The summed E-state index contributed by atoms with van der Waals surface area (Å²) in [5, 5.41) is 10.3. The van der Waals surface area contributed by atoms with Crippen molar-refractivity contribution in [2.75, 3.05) is 33.9 Å². The smallest absolute Gasteiger partial charge is 0.127 e. The van der Waals surface area contributed by atoms with Gasteiger partial charge in [0, 0.05) is 37.9 Å². The van der Waals surface area contributed by atoms with Gasteiger partial charge in [0.2, 0.25) is 0 Å². The Kier molecular flexibility index (Phi) is 5.09. The standard InChI is InChI=1S/C18H27NO4/c1-21-15-6-5-14(16(12-15)22-2)13-19-9-7-18(8-10-19)17(20)4-3-11-23-18/h5-6,12,17,20H,3-4,7-11,13H2,1-2H3. The molecule has 5 heteroatoms. The molecular formula is C18H27NO4. The molecule has 2 fully saturated rings. The lowest BCUT2D eigenvalue weighted by molar-refractivity contribution is -0.177. The molecule has 2 saturated heterocycles. The molecule has 0 saturated carbocycles. The molecule has 128 valence electrons. The highest BCUT2D eigenvalue weighted by atomic mass is 16.5. The van der Waals surface area contributed by atoms with E-state index in [-0.39, 0.29) is 11.7 Å². The van der Waals surface area contributed by atoms with Gasteiger partial charge in [-0.05, 0) is 31.7 Å². The van der Waals surface area contributed by atoms with Crippen LogP contribution in [0.15, 0.2) is 18.2 Å². The lowest BCUT2D eigenvalue weighted by atomic mass is 9.82. The highest BCUT2D eigenvalue weighted by Crippen LogP contribution is 2.36. The maximum atomic E-state index is 10.3. The summed E-state index contributed by atoms with van der Waals surface area (Å²) in [5.74, 6) is 1.67. The molecule has 0 radical (unpaired) electrons. The van der Waals surface area contributed by atoms with Gasteiger partial charge in [-0.3, -0.25) is 4.90 Å². The third kappa shape index (κ3) is 3.47. The van der Waals surface area contributed by atoms with Crippen LogP contribution in [-0.4, -0.2) is 55.6 Å². The fourth-order valence-electron chi connectivity index (χ4n) is 3.70. The van der Waals surface area contributed by atoms with E-state index >= 15 is 0 Å². The first-order chi connectivity index (χ1) is 11.2. The van der Waals surface area contributed by atoms with E-state index in [0.717, 1.165) is 69.0 Å². The molecule has 1 unspecified atom stereocenters. The van der Waals surface area contributed by atoms with E-state index in [1.54, 1.807) is 14.2 Å². The summed E-state index contributed by atoms with van der Waals surface area (Å²) in [6.45, 7) is 3.50. The van der Waals surface area contributed by atoms with Crippen LogP contribution in [0.3, 0.4) is 0 Å². The lowest BCUT2D eigenvalue weighted by Crippen LogP contribution is -2.55. The Bertz CT molecular complexity index is 526. The second-order valence-corrected chi connectivity index (χ2v) is 6.53. The summed E-state index contributed by atoms with van der Waals surface area (Å²) in [4.78, 5) is 2.40. The number of methoxy groups -OCH3 is 2. The molecule has 0 bridgehead atoms. The second kappa shape index (κ2) is 7.07. The number of nitrogens with zero attached hydrogens (tertiary/aromatic N) is 1. The van der Waals surface area contributed by atoms with Crippen molar-refractivity contribution in [3.05, 3.63) is 23.8 Å². The molecule has 0 aromatic heterocycles. The number of hydrogen-bond donors (Lipinski definition) is 1. The summed E-state index contributed by atoms with van der Waals surface area (Å²) in [7, 11) is 3.35. The van der Waals surface area contributed by atoms with Crippen molar-refractivity contribution in [1.82, 2.24) is 4.90 Å². The zero-order chi connectivity index (χ0) is 16.3. The first-order valence-electron chi connectivity index (χ1n) is 8.42. The van der Waals surface area contributed by atoms with Crippen LogP contribution in [0, 0.1) is 0 Å². The number of piperidine rings is 1. The van der Waals surface area contributed by atoms with Gasteiger partial charge in [0.25, 0.3) is 0 Å². The molecular weight excluding hydrogens is 294 g/mol. The van der Waals surface area contributed by atoms with Crippen LogP contribution in [-0.2, 0) is 11.3 Å². The van der Waals surface area contributed by atoms with Gasteiger partial charge in [0.05, 0.1) is 25.9 Å². The molecule has 5 nitrogen and oxygen atoms in total. The number of benzene rings is 1. The van der Waals surface area contributed by atoms with Gasteiger partial charge in [0.15, 0.2) is 0 Å². The first-order valence-corrected chi connectivity index (χ1v) is 8.42. The monoisotopic (exact) mass is 321 g/mol. The quantitative estimate of drug-likeness (QED) is 0.921. The van der Waals surface area contributed by atoms with Crippen LogP contribution in [0.1, 0.15) is 31.2 Å². The molecule has 0 aliphatic carbocycles. The number of rotatable bonds is 4. The summed E-state index contributed by atoms with van der Waals surface area (Å²) < 4.78 is 16.7. The highest BCUT2D eigenvalue weighted by molar-refractivity contribution is 5.40. The molecule has 0 amide bonds. The summed E-state index contributed by atoms with van der Waals surface area (Å²) >= 11 is 0. The van der Waals surface area contributed by atoms with Crippen LogP contribution in [0.2, 0.25) is 0 Å². The Balaban J connectivity index is 1.62. The lowest BCUT2D eigenvalue weighted by Gasteiger charge is -2.46. The highest BCUT2D eigenvalue weighted by Gasteiger charge is 2.43. The number of aliphatic hydroxyl groups excluding tert-OH is 1. The van der Waals surface area contributed by atoms with E-state index in [1.807, 2.05) is 12.1 Å². The first kappa shape index (κ1) is 16.6. The van der Waals surface area contributed by atoms with Crippen LogP contribution in [0.5, 0.6) is 11.5 Å². The number of ether oxygens (including phenoxy) is 3. The van der Waals surface area contributed by atoms with Crippen molar-refractivity contribution >= 4 is 0 Å². The molecule has 1 atom stereocenters. The molecule has 1 aromatic rings. The van der Waals surface area contributed by atoms with Crippen LogP contribution < -0.4 is 9.47 Å². The van der Waals surface area contributed by atoms with Gasteiger partial charge >= 0.3 is 0 Å². The SMILES string of the molecule is COc1ccc(CN2CCC3(CC2)OCCCC3O)c(OC)c1. The molecule has 2 aliphatic heterocycles. The molecule has 1 N–H and O–H groups in total. The minimum absolute atomic E-state index is 0.307. The maximum Gasteiger partial charge on any atom is 0.127 e. The predicted molar refractivity (Wildman–Crippen MR) is 88.0 cm³/mol. The van der Waals surface area contributed by atoms with Gasteiger partial charge in [0.1, 0.15) is 11.5 Å². The van der Waals surface area contributed by atoms with Gasteiger partial charge in [-0.25, -0.2) is 0 Å². The minimum atomic E-state index is -0.311. The van der Waals surface area contributed by atoms with E-state index in [4.69, 9.17) is 14.2 Å². The topological polar surface area (TPSA) is 51.2 Å². The van der Waals surface area contributed by atoms with Gasteiger partial charge in [-0.1, -0.05) is 6.07 Å². The van der Waals surface area contributed by atoms with Crippen molar-refractivity contribution in [1.29, 1.82) is 0 Å². The average Bonchev–Trinajstić information content (AvgIpc) is 2.60. The Hall–Kier alpha value is -1.30. The number of aliphatic hydroxyl groups is 1. The Labute approximate surface area is 138 Å². The van der Waals surface area contributed by atoms with E-state index in [0.29, 0.717) is 0 Å². The van der Waals surface area contributed by atoms with Gasteiger partial charge in [-0.15, -0.1) is 0 Å². The predicted octanol–water partition coefficient (Wildman–Crippen LogP) is 2.21. The zero-order valence-electron chi connectivity index (χ0n) is 14.1. The zero-order valence-corrected chi connectivity index (χ0v) is 14.1. The molecule has 3 rings (SSSR count). The normalized spacial score (nSPS) is 24.6. The number of likely N-dealkylation sites (tertiary alicyclic amines) is 1. The van der Waals surface area contributed by atoms with Crippen LogP contribution in [0.4, 0.5) is 0 Å². The van der Waals surface area contributed by atoms with E-state index in [9.17, 15) is 5.11 Å². The van der Waals surface area contributed by atoms with E-state index in [2.05, 4.69) is 11.0 Å². The molecule has 2 aliphatic rings. The third-order valence-corrected chi connectivity index (χ3v) is 5.21. The second-order valence-electron chi connectivity index (χ2n) is 6.53. The van der Waals surface area contributed by atoms with E-state index < -0.39 is 0 Å². The minimum Gasteiger partial charge on any atom is -0.497 e. The molecule has 1 spiro atoms. The molecule has 1 aromatic carbocycles. The van der Waals surface area contributed by atoms with Crippen molar-refractivity contribution in [3.63, 3.8) is 0 Å².